The van der Waals surface area contributed by atoms with Crippen LogP contribution in [-0.2, 0) is 22.1 Å². The lowest BCUT2D eigenvalue weighted by Crippen LogP contribution is -2.49. The lowest BCUT2D eigenvalue weighted by Gasteiger charge is -2.44. The molecule has 1 aromatic rings. The van der Waals surface area contributed by atoms with E-state index in [4.69, 9.17) is 4.74 Å². The van der Waals surface area contributed by atoms with E-state index in [-0.39, 0.29) is 22.3 Å². The summed E-state index contributed by atoms with van der Waals surface area (Å²) in [5.41, 5.74) is 2.26. The van der Waals surface area contributed by atoms with Crippen molar-refractivity contribution in [3.8, 4) is 6.07 Å². The van der Waals surface area contributed by atoms with E-state index in [9.17, 15) is 14.3 Å². The number of carbonyl (C=O) groups excluding carboxylic acids is 1. The molecule has 1 fully saturated rings. The Morgan fingerprint density at radius 1 is 1.23 bits per heavy atom. The molecule has 1 aromatic carbocycles. The highest BCUT2D eigenvalue weighted by atomic mass is 32.2. The van der Waals surface area contributed by atoms with Crippen molar-refractivity contribution in [1.82, 2.24) is 9.62 Å². The Bertz CT molecular complexity index is 884. The second-order valence-electron chi connectivity index (χ2n) is 10.5. The number of nitriles is 1. The summed E-state index contributed by atoms with van der Waals surface area (Å²) in [7, 11) is -1.22. The minimum atomic E-state index is -1.22. The van der Waals surface area contributed by atoms with Crippen molar-refractivity contribution in [1.29, 1.82) is 5.26 Å². The maximum Gasteiger partial charge on any atom is 0.410 e. The Morgan fingerprint density at radius 2 is 1.87 bits per heavy atom. The summed E-state index contributed by atoms with van der Waals surface area (Å²) in [6.07, 6.45) is 2.13. The first-order valence-electron chi connectivity index (χ1n) is 10.5. The highest BCUT2D eigenvalue weighted by Crippen LogP contribution is 2.52. The molecule has 2 unspecified atom stereocenters. The molecule has 1 aliphatic heterocycles. The molecule has 3 rings (SSSR count). The molecule has 0 bridgehead atoms. The van der Waals surface area contributed by atoms with Crippen LogP contribution in [0, 0.1) is 16.7 Å². The number of fused-ring (bicyclic) bond motifs is 1. The highest BCUT2D eigenvalue weighted by Gasteiger charge is 2.49. The van der Waals surface area contributed by atoms with E-state index in [1.54, 1.807) is 4.90 Å². The topological polar surface area (TPSA) is 82.4 Å². The summed E-state index contributed by atoms with van der Waals surface area (Å²) in [5, 5.41) is 9.31. The van der Waals surface area contributed by atoms with Gasteiger partial charge in [0.1, 0.15) is 5.60 Å². The van der Waals surface area contributed by atoms with Crippen molar-refractivity contribution in [3.63, 3.8) is 0 Å². The number of carbonyl (C=O) groups is 1. The summed E-state index contributed by atoms with van der Waals surface area (Å²) >= 11 is 0. The van der Waals surface area contributed by atoms with Crippen LogP contribution in [0.5, 0.6) is 0 Å². The molecule has 2 atom stereocenters. The molecule has 2 aliphatic rings. The second kappa shape index (κ2) is 7.97. The number of benzene rings is 1. The molecule has 164 valence electrons. The van der Waals surface area contributed by atoms with Gasteiger partial charge in [0.15, 0.2) is 0 Å². The quantitative estimate of drug-likeness (QED) is 0.760. The summed E-state index contributed by atoms with van der Waals surface area (Å²) in [4.78, 5) is 14.3. The molecule has 0 aromatic heterocycles. The van der Waals surface area contributed by atoms with E-state index in [2.05, 4.69) is 10.8 Å². The largest absolute Gasteiger partial charge is 0.444 e. The van der Waals surface area contributed by atoms with Gasteiger partial charge in [-0.1, -0.05) is 6.07 Å². The molecule has 1 saturated heterocycles. The first-order chi connectivity index (χ1) is 13.8. The number of nitrogens with zero attached hydrogens (tertiary/aromatic N) is 2. The van der Waals surface area contributed by atoms with Crippen LogP contribution in [0.4, 0.5) is 4.79 Å². The Balaban J connectivity index is 1.85. The molecule has 0 saturated carbocycles. The summed E-state index contributed by atoms with van der Waals surface area (Å²) in [6.45, 7) is 12.7. The van der Waals surface area contributed by atoms with Crippen LogP contribution in [0.2, 0.25) is 0 Å². The molecule has 6 nitrogen and oxygen atoms in total. The lowest BCUT2D eigenvalue weighted by molar-refractivity contribution is 0.00724. The van der Waals surface area contributed by atoms with Crippen molar-refractivity contribution < 1.29 is 13.7 Å². The van der Waals surface area contributed by atoms with E-state index >= 15 is 0 Å². The van der Waals surface area contributed by atoms with Crippen LogP contribution in [0.3, 0.4) is 0 Å². The van der Waals surface area contributed by atoms with Crippen molar-refractivity contribution in [2.75, 3.05) is 13.1 Å². The van der Waals surface area contributed by atoms with E-state index in [1.807, 2.05) is 59.7 Å². The molecule has 1 N–H and O–H groups in total. The zero-order valence-electron chi connectivity index (χ0n) is 18.9. The van der Waals surface area contributed by atoms with E-state index in [1.165, 1.54) is 0 Å². The van der Waals surface area contributed by atoms with Crippen LogP contribution in [0.1, 0.15) is 77.1 Å². The molecule has 1 aliphatic carbocycles. The van der Waals surface area contributed by atoms with Crippen molar-refractivity contribution in [3.05, 3.63) is 34.9 Å². The standard InChI is InChI=1S/C23H33N3O3S/c1-21(2,3)29-20(27)26-11-9-23(10-12-26)14-17-13-16(15-24)7-8-18(17)19(23)25-30(28)22(4,5)6/h7-8,13,19,25H,9-12,14H2,1-6H3. The monoisotopic (exact) mass is 431 g/mol. The number of likely N-dealkylation sites (tertiary alicyclic amines) is 1. The number of hydrogen-bond acceptors (Lipinski definition) is 4. The van der Waals surface area contributed by atoms with Gasteiger partial charge in [-0.2, -0.15) is 5.26 Å². The van der Waals surface area contributed by atoms with Gasteiger partial charge in [0.2, 0.25) is 0 Å². The Morgan fingerprint density at radius 3 is 2.40 bits per heavy atom. The fraction of sp³-hybridized carbons (Fsp3) is 0.652. The molecular weight excluding hydrogens is 398 g/mol. The van der Waals surface area contributed by atoms with Crippen LogP contribution < -0.4 is 4.72 Å². The average Bonchev–Trinajstić information content (AvgIpc) is 2.92. The van der Waals surface area contributed by atoms with Crippen LogP contribution >= 0.6 is 0 Å². The fourth-order valence-corrected chi connectivity index (χ4v) is 5.26. The van der Waals surface area contributed by atoms with Gasteiger partial charge in [-0.3, -0.25) is 0 Å². The fourth-order valence-electron chi connectivity index (χ4n) is 4.32. The zero-order valence-corrected chi connectivity index (χ0v) is 19.7. The van der Waals surface area contributed by atoms with Gasteiger partial charge in [0.25, 0.3) is 0 Å². The van der Waals surface area contributed by atoms with E-state index in [0.717, 1.165) is 30.4 Å². The van der Waals surface area contributed by atoms with Gasteiger partial charge in [0.05, 0.1) is 33.4 Å². The average molecular weight is 432 g/mol. The van der Waals surface area contributed by atoms with Gasteiger partial charge >= 0.3 is 6.09 Å². The molecule has 0 radical (unpaired) electrons. The first kappa shape index (κ1) is 22.8. The number of ether oxygens (including phenoxy) is 1. The number of rotatable bonds is 2. The summed E-state index contributed by atoms with van der Waals surface area (Å²) in [5.74, 6) is 0. The van der Waals surface area contributed by atoms with E-state index in [0.29, 0.717) is 18.7 Å². The summed E-state index contributed by atoms with van der Waals surface area (Å²) < 4.78 is 21.5. The molecule has 7 heteroatoms. The Hall–Kier alpha value is -1.91. The molecule has 1 spiro atoms. The number of amides is 1. The van der Waals surface area contributed by atoms with Crippen LogP contribution in [0.25, 0.3) is 0 Å². The third kappa shape index (κ3) is 4.70. The lowest BCUT2D eigenvalue weighted by atomic mass is 9.73. The molecule has 1 amide bonds. The minimum absolute atomic E-state index is 0.0684. The molecule has 30 heavy (non-hydrogen) atoms. The van der Waals surface area contributed by atoms with Crippen molar-refractivity contribution in [2.45, 2.75) is 77.2 Å². The minimum Gasteiger partial charge on any atom is -0.444 e. The SMILES string of the molecule is CC(C)(C)OC(=O)N1CCC2(CC1)Cc1cc(C#N)ccc1C2NS(=O)C(C)(C)C. The predicted molar refractivity (Wildman–Crippen MR) is 118 cm³/mol. The van der Waals surface area contributed by atoms with Gasteiger partial charge in [0, 0.05) is 13.1 Å². The maximum atomic E-state index is 13.0. The van der Waals surface area contributed by atoms with Crippen molar-refractivity contribution >= 4 is 17.1 Å². The number of hydrogen-bond donors (Lipinski definition) is 1. The smallest absolute Gasteiger partial charge is 0.410 e. The van der Waals surface area contributed by atoms with Crippen LogP contribution in [0.15, 0.2) is 18.2 Å². The predicted octanol–water partition coefficient (Wildman–Crippen LogP) is 4.22. The number of piperidine rings is 1. The van der Waals surface area contributed by atoms with Crippen molar-refractivity contribution in [2.24, 2.45) is 5.41 Å². The highest BCUT2D eigenvalue weighted by molar-refractivity contribution is 7.84. The Kier molecular flexibility index (Phi) is 6.05. The van der Waals surface area contributed by atoms with Gasteiger partial charge < -0.3 is 9.64 Å². The second-order valence-corrected chi connectivity index (χ2v) is 12.5. The van der Waals surface area contributed by atoms with Gasteiger partial charge in [-0.05, 0) is 89.5 Å². The van der Waals surface area contributed by atoms with Crippen LogP contribution in [-0.4, -0.2) is 38.6 Å². The number of nitrogens with one attached hydrogen (secondary N) is 1. The van der Waals surface area contributed by atoms with E-state index < -0.39 is 16.6 Å². The zero-order chi connectivity index (χ0) is 22.3. The maximum absolute atomic E-state index is 13.0. The third-order valence-corrected chi connectivity index (χ3v) is 7.49. The molecule has 1 heterocycles. The third-order valence-electron chi connectivity index (χ3n) is 5.93. The van der Waals surface area contributed by atoms with Gasteiger partial charge in [-0.15, -0.1) is 0 Å². The summed E-state index contributed by atoms with van der Waals surface area (Å²) in [6, 6.07) is 7.95. The first-order valence-corrected chi connectivity index (χ1v) is 11.7. The Labute approximate surface area is 182 Å². The normalized spacial score (nSPS) is 21.8. The molecular formula is C23H33N3O3S. The van der Waals surface area contributed by atoms with Gasteiger partial charge in [-0.25, -0.2) is 13.7 Å².